The summed E-state index contributed by atoms with van der Waals surface area (Å²) in [4.78, 5) is 5.44. The normalized spacial score (nSPS) is 16.3. The number of nitrogens with zero attached hydrogens (tertiary/aromatic N) is 1. The Balaban J connectivity index is 1.71. The minimum Gasteiger partial charge on any atom is -0.360 e. The minimum atomic E-state index is 0.586. The van der Waals surface area contributed by atoms with Gasteiger partial charge in [-0.1, -0.05) is 12.8 Å². The first-order chi connectivity index (χ1) is 7.74. The van der Waals surface area contributed by atoms with Crippen LogP contribution in [-0.2, 0) is 6.54 Å². The monoisotopic (exact) mass is 255 g/mol. The van der Waals surface area contributed by atoms with Gasteiger partial charge in [0, 0.05) is 17.1 Å². The minimum absolute atomic E-state index is 0.586. The van der Waals surface area contributed by atoms with Gasteiger partial charge in [0.15, 0.2) is 5.11 Å². The molecule has 88 valence electrons. The highest BCUT2D eigenvalue weighted by Crippen LogP contribution is 2.17. The Morgan fingerprint density at radius 3 is 2.94 bits per heavy atom. The van der Waals surface area contributed by atoms with Gasteiger partial charge in [0.25, 0.3) is 0 Å². The van der Waals surface area contributed by atoms with Crippen molar-refractivity contribution < 1.29 is 0 Å². The Morgan fingerprint density at radius 1 is 1.56 bits per heavy atom. The molecule has 1 aliphatic carbocycles. The first kappa shape index (κ1) is 11.8. The maximum atomic E-state index is 5.26. The molecule has 1 aromatic heterocycles. The number of hydrogen-bond acceptors (Lipinski definition) is 3. The van der Waals surface area contributed by atoms with Crippen LogP contribution in [0.1, 0.15) is 35.6 Å². The van der Waals surface area contributed by atoms with Crippen LogP contribution < -0.4 is 10.6 Å². The lowest BCUT2D eigenvalue weighted by Crippen LogP contribution is -2.40. The van der Waals surface area contributed by atoms with Crippen LogP contribution in [0.2, 0.25) is 0 Å². The summed E-state index contributed by atoms with van der Waals surface area (Å²) >= 11 is 6.97. The fraction of sp³-hybridized carbons (Fsp3) is 0.636. The Morgan fingerprint density at radius 2 is 2.31 bits per heavy atom. The molecule has 0 saturated heterocycles. The molecule has 1 fully saturated rings. The molecule has 1 heterocycles. The molecular formula is C11H17N3S2. The highest BCUT2D eigenvalue weighted by Gasteiger charge is 2.15. The van der Waals surface area contributed by atoms with Crippen LogP contribution in [0, 0.1) is 6.92 Å². The molecule has 1 aromatic rings. The number of aromatic nitrogens is 1. The van der Waals surface area contributed by atoms with Gasteiger partial charge < -0.3 is 10.6 Å². The predicted molar refractivity (Wildman–Crippen MR) is 71.7 cm³/mol. The highest BCUT2D eigenvalue weighted by molar-refractivity contribution is 7.80. The highest BCUT2D eigenvalue weighted by atomic mass is 32.1. The molecule has 3 nitrogen and oxygen atoms in total. The molecule has 0 spiro atoms. The predicted octanol–water partition coefficient (Wildman–Crippen LogP) is 2.36. The van der Waals surface area contributed by atoms with Gasteiger partial charge in [0.2, 0.25) is 0 Å². The van der Waals surface area contributed by atoms with E-state index in [4.69, 9.17) is 12.2 Å². The van der Waals surface area contributed by atoms with Gasteiger partial charge >= 0.3 is 0 Å². The van der Waals surface area contributed by atoms with Gasteiger partial charge in [0.1, 0.15) is 0 Å². The molecule has 0 aromatic carbocycles. The van der Waals surface area contributed by atoms with E-state index in [0.717, 1.165) is 16.7 Å². The number of rotatable bonds is 3. The van der Waals surface area contributed by atoms with Crippen molar-refractivity contribution in [3.8, 4) is 0 Å². The van der Waals surface area contributed by atoms with Gasteiger partial charge in [-0.15, -0.1) is 11.3 Å². The zero-order valence-electron chi connectivity index (χ0n) is 9.45. The SMILES string of the molecule is Cc1ncc(CNC(=S)NC2CCCC2)s1. The van der Waals surface area contributed by atoms with Crippen molar-refractivity contribution in [2.45, 2.75) is 45.2 Å². The van der Waals surface area contributed by atoms with E-state index in [1.54, 1.807) is 11.3 Å². The van der Waals surface area contributed by atoms with E-state index in [2.05, 4.69) is 15.6 Å². The molecule has 2 rings (SSSR count). The average molecular weight is 255 g/mol. The third kappa shape index (κ3) is 3.42. The number of nitrogens with one attached hydrogen (secondary N) is 2. The van der Waals surface area contributed by atoms with E-state index < -0.39 is 0 Å². The standard InChI is InChI=1S/C11H17N3S2/c1-8-12-6-10(16-8)7-13-11(15)14-9-4-2-3-5-9/h6,9H,2-5,7H2,1H3,(H2,13,14,15). The molecule has 5 heteroatoms. The van der Waals surface area contributed by atoms with Crippen LogP contribution >= 0.6 is 23.6 Å². The summed E-state index contributed by atoms with van der Waals surface area (Å²) in [5.74, 6) is 0. The second-order valence-electron chi connectivity index (χ2n) is 4.15. The van der Waals surface area contributed by atoms with Gasteiger partial charge in [-0.05, 0) is 32.0 Å². The third-order valence-corrected chi connectivity index (χ3v) is 3.96. The van der Waals surface area contributed by atoms with Gasteiger partial charge in [0.05, 0.1) is 11.6 Å². The molecule has 1 saturated carbocycles. The maximum absolute atomic E-state index is 5.26. The van der Waals surface area contributed by atoms with Crippen molar-refractivity contribution in [1.82, 2.24) is 15.6 Å². The average Bonchev–Trinajstić information content (AvgIpc) is 2.87. The molecule has 16 heavy (non-hydrogen) atoms. The van der Waals surface area contributed by atoms with Gasteiger partial charge in [-0.2, -0.15) is 0 Å². The van der Waals surface area contributed by atoms with E-state index in [1.807, 2.05) is 13.1 Å². The second kappa shape index (κ2) is 5.59. The molecular weight excluding hydrogens is 238 g/mol. The van der Waals surface area contributed by atoms with Gasteiger partial charge in [-0.25, -0.2) is 4.98 Å². The van der Waals surface area contributed by atoms with Crippen molar-refractivity contribution in [2.24, 2.45) is 0 Å². The maximum Gasteiger partial charge on any atom is 0.166 e. The van der Waals surface area contributed by atoms with Crippen LogP contribution in [0.3, 0.4) is 0 Å². The first-order valence-electron chi connectivity index (χ1n) is 5.70. The summed E-state index contributed by atoms with van der Waals surface area (Å²) in [6.45, 7) is 2.80. The van der Waals surface area contributed by atoms with E-state index in [1.165, 1.54) is 30.6 Å². The Bertz CT molecular complexity index is 356. The van der Waals surface area contributed by atoms with Crippen molar-refractivity contribution in [2.75, 3.05) is 0 Å². The van der Waals surface area contributed by atoms with E-state index >= 15 is 0 Å². The topological polar surface area (TPSA) is 37.0 Å². The van der Waals surface area contributed by atoms with Crippen molar-refractivity contribution >= 4 is 28.7 Å². The molecule has 0 unspecified atom stereocenters. The van der Waals surface area contributed by atoms with Crippen LogP contribution in [-0.4, -0.2) is 16.1 Å². The van der Waals surface area contributed by atoms with Crippen LogP contribution in [0.15, 0.2) is 6.20 Å². The summed E-state index contributed by atoms with van der Waals surface area (Å²) in [6, 6.07) is 0.586. The van der Waals surface area contributed by atoms with Gasteiger partial charge in [-0.3, -0.25) is 0 Å². The lowest BCUT2D eigenvalue weighted by atomic mass is 10.3. The first-order valence-corrected chi connectivity index (χ1v) is 6.92. The molecule has 0 amide bonds. The van der Waals surface area contributed by atoms with Crippen LogP contribution in [0.5, 0.6) is 0 Å². The Labute approximate surface area is 106 Å². The summed E-state index contributed by atoms with van der Waals surface area (Å²) in [5.41, 5.74) is 0. The number of hydrogen-bond donors (Lipinski definition) is 2. The van der Waals surface area contributed by atoms with Crippen molar-refractivity contribution in [3.63, 3.8) is 0 Å². The molecule has 0 radical (unpaired) electrons. The van der Waals surface area contributed by atoms with Crippen LogP contribution in [0.25, 0.3) is 0 Å². The fourth-order valence-corrected chi connectivity index (χ4v) is 2.93. The van der Waals surface area contributed by atoms with E-state index in [9.17, 15) is 0 Å². The number of thiazole rings is 1. The van der Waals surface area contributed by atoms with Crippen molar-refractivity contribution in [3.05, 3.63) is 16.1 Å². The summed E-state index contributed by atoms with van der Waals surface area (Å²) in [7, 11) is 0. The zero-order valence-corrected chi connectivity index (χ0v) is 11.1. The fourth-order valence-electron chi connectivity index (χ4n) is 1.96. The number of aryl methyl sites for hydroxylation is 1. The summed E-state index contributed by atoms with van der Waals surface area (Å²) < 4.78 is 0. The molecule has 1 aliphatic rings. The summed E-state index contributed by atoms with van der Waals surface area (Å²) in [5, 5.41) is 8.47. The molecule has 0 aliphatic heterocycles. The van der Waals surface area contributed by atoms with E-state index in [-0.39, 0.29) is 0 Å². The second-order valence-corrected chi connectivity index (χ2v) is 5.88. The Hall–Kier alpha value is -0.680. The zero-order chi connectivity index (χ0) is 11.4. The lowest BCUT2D eigenvalue weighted by Gasteiger charge is -2.15. The van der Waals surface area contributed by atoms with Crippen molar-refractivity contribution in [1.29, 1.82) is 0 Å². The third-order valence-electron chi connectivity index (χ3n) is 2.78. The number of thiocarbonyl (C=S) groups is 1. The summed E-state index contributed by atoms with van der Waals surface area (Å²) in [6.07, 6.45) is 7.07. The smallest absolute Gasteiger partial charge is 0.166 e. The molecule has 0 bridgehead atoms. The van der Waals surface area contributed by atoms with E-state index in [0.29, 0.717) is 6.04 Å². The Kier molecular flexibility index (Phi) is 4.12. The molecule has 2 N–H and O–H groups in total. The quantitative estimate of drug-likeness (QED) is 0.813. The molecule has 0 atom stereocenters. The largest absolute Gasteiger partial charge is 0.360 e. The lowest BCUT2D eigenvalue weighted by molar-refractivity contribution is 0.621. The van der Waals surface area contributed by atoms with Crippen LogP contribution in [0.4, 0.5) is 0 Å².